The van der Waals surface area contributed by atoms with Gasteiger partial charge >= 0.3 is 0 Å². The average molecular weight is 340 g/mol. The van der Waals surface area contributed by atoms with Crippen molar-refractivity contribution in [1.82, 2.24) is 0 Å². The minimum Gasteiger partial charge on any atom is -0.289 e. The van der Waals surface area contributed by atoms with Crippen molar-refractivity contribution in [2.45, 2.75) is 31.3 Å². The van der Waals surface area contributed by atoms with Crippen molar-refractivity contribution in [2.24, 2.45) is 0 Å². The zero-order chi connectivity index (χ0) is 18.0. The molecular formula is C18H16N2O5. The maximum Gasteiger partial charge on any atom is 0.257 e. The zero-order valence-corrected chi connectivity index (χ0v) is 13.3. The summed E-state index contributed by atoms with van der Waals surface area (Å²) in [6.07, 6.45) is 14.1. The summed E-state index contributed by atoms with van der Waals surface area (Å²) in [5, 5.41) is 22.6. The fourth-order valence-corrected chi connectivity index (χ4v) is 3.39. The highest BCUT2D eigenvalue weighted by Gasteiger charge is 2.35. The van der Waals surface area contributed by atoms with Crippen molar-refractivity contribution in [1.29, 1.82) is 0 Å². The molecule has 2 unspecified atom stereocenters. The molecule has 25 heavy (non-hydrogen) atoms. The smallest absolute Gasteiger partial charge is 0.257 e. The molecule has 2 atom stereocenters. The van der Waals surface area contributed by atoms with Crippen LogP contribution in [-0.4, -0.2) is 27.7 Å². The minimum absolute atomic E-state index is 0.310. The Morgan fingerprint density at radius 1 is 0.800 bits per heavy atom. The highest BCUT2D eigenvalue weighted by atomic mass is 16.6. The van der Waals surface area contributed by atoms with Crippen LogP contribution in [0.25, 0.3) is 0 Å². The van der Waals surface area contributed by atoms with Gasteiger partial charge in [-0.2, -0.15) is 0 Å². The summed E-state index contributed by atoms with van der Waals surface area (Å²) in [7, 11) is 0. The van der Waals surface area contributed by atoms with E-state index in [0.29, 0.717) is 41.6 Å². The maximum atomic E-state index is 13.0. The van der Waals surface area contributed by atoms with Gasteiger partial charge in [0.05, 0.1) is 0 Å². The highest BCUT2D eigenvalue weighted by Crippen LogP contribution is 2.34. The van der Waals surface area contributed by atoms with Crippen LogP contribution in [0.5, 0.6) is 0 Å². The first-order valence-electron chi connectivity index (χ1n) is 7.98. The van der Waals surface area contributed by atoms with Gasteiger partial charge < -0.3 is 0 Å². The predicted molar refractivity (Wildman–Crippen MR) is 91.0 cm³/mol. The Morgan fingerprint density at radius 3 is 1.64 bits per heavy atom. The van der Waals surface area contributed by atoms with Gasteiger partial charge in [0.25, 0.3) is 12.1 Å². The molecule has 0 aliphatic heterocycles. The molecule has 0 aromatic carbocycles. The molecule has 3 aliphatic rings. The summed E-state index contributed by atoms with van der Waals surface area (Å²) in [6, 6.07) is -2.11. The molecule has 128 valence electrons. The van der Waals surface area contributed by atoms with Gasteiger partial charge in [-0.05, 0) is 31.4 Å². The minimum atomic E-state index is -1.05. The van der Waals surface area contributed by atoms with Gasteiger partial charge in [0.15, 0.2) is 5.78 Å². The predicted octanol–water partition coefficient (Wildman–Crippen LogP) is 2.88. The van der Waals surface area contributed by atoms with E-state index in [1.54, 1.807) is 36.5 Å². The zero-order valence-electron chi connectivity index (χ0n) is 13.3. The van der Waals surface area contributed by atoms with E-state index in [2.05, 4.69) is 0 Å². The molecular weight excluding hydrogens is 324 g/mol. The SMILES string of the molecule is O=C1C(=C2C=CC=CC2[N+](=O)[O-])CCCC1=C1C=CC=CC1[N+](=O)[O-]. The van der Waals surface area contributed by atoms with Crippen LogP contribution in [0.4, 0.5) is 0 Å². The Labute approximate surface area is 143 Å². The monoisotopic (exact) mass is 340 g/mol. The standard InChI is InChI=1S/C18H16N2O5/c21-18-14(12-6-1-3-10-16(12)19(22)23)8-5-9-15(18)13-7-2-4-11-17(13)20(24)25/h1-4,6-7,10-11,16-17H,5,8-9H2. The van der Waals surface area contributed by atoms with Crippen LogP contribution in [0.15, 0.2) is 70.9 Å². The molecule has 3 aliphatic carbocycles. The lowest BCUT2D eigenvalue weighted by Gasteiger charge is -2.23. The van der Waals surface area contributed by atoms with E-state index in [9.17, 15) is 25.0 Å². The summed E-state index contributed by atoms with van der Waals surface area (Å²) < 4.78 is 0. The molecule has 7 nitrogen and oxygen atoms in total. The van der Waals surface area contributed by atoms with Gasteiger partial charge in [-0.15, -0.1) is 0 Å². The summed E-state index contributed by atoms with van der Waals surface area (Å²) in [4.78, 5) is 34.7. The van der Waals surface area contributed by atoms with Gasteiger partial charge in [0.2, 0.25) is 0 Å². The Bertz CT molecular complexity index is 760. The normalized spacial score (nSPS) is 31.4. The van der Waals surface area contributed by atoms with Crippen molar-refractivity contribution < 1.29 is 14.6 Å². The van der Waals surface area contributed by atoms with Crippen molar-refractivity contribution in [3.05, 3.63) is 91.1 Å². The molecule has 0 aromatic rings. The molecule has 3 rings (SSSR count). The summed E-state index contributed by atoms with van der Waals surface area (Å²) >= 11 is 0. The number of nitrogens with zero attached hydrogens (tertiary/aromatic N) is 2. The van der Waals surface area contributed by atoms with E-state index >= 15 is 0 Å². The molecule has 0 heterocycles. The molecule has 7 heteroatoms. The van der Waals surface area contributed by atoms with Crippen molar-refractivity contribution in [3.8, 4) is 0 Å². The Balaban J connectivity index is 2.08. The number of carbonyl (C=O) groups is 1. The third-order valence-corrected chi connectivity index (χ3v) is 4.55. The average Bonchev–Trinajstić information content (AvgIpc) is 2.62. The van der Waals surface area contributed by atoms with Crippen LogP contribution in [0.2, 0.25) is 0 Å². The third-order valence-electron chi connectivity index (χ3n) is 4.55. The topological polar surface area (TPSA) is 103 Å². The highest BCUT2D eigenvalue weighted by molar-refractivity contribution is 6.10. The van der Waals surface area contributed by atoms with E-state index in [0.717, 1.165) is 0 Å². The van der Waals surface area contributed by atoms with Crippen LogP contribution in [0, 0.1) is 20.2 Å². The number of rotatable bonds is 2. The lowest BCUT2D eigenvalue weighted by molar-refractivity contribution is -0.498. The molecule has 1 fully saturated rings. The molecule has 0 saturated heterocycles. The molecule has 0 amide bonds. The summed E-state index contributed by atoms with van der Waals surface area (Å²) in [6.45, 7) is 0. The number of nitro groups is 2. The Kier molecular flexibility index (Phi) is 4.56. The number of Topliss-reactive ketones (excluding diaryl/α,β-unsaturated/α-hetero) is 1. The Morgan fingerprint density at radius 2 is 1.24 bits per heavy atom. The van der Waals surface area contributed by atoms with E-state index < -0.39 is 21.9 Å². The number of hydrogen-bond donors (Lipinski definition) is 0. The first-order chi connectivity index (χ1) is 12.0. The largest absolute Gasteiger partial charge is 0.289 e. The van der Waals surface area contributed by atoms with Gasteiger partial charge in [0, 0.05) is 32.1 Å². The second-order valence-electron chi connectivity index (χ2n) is 6.00. The summed E-state index contributed by atoms with van der Waals surface area (Å²) in [5.74, 6) is -0.310. The molecule has 1 saturated carbocycles. The number of carbonyl (C=O) groups excluding carboxylic acids is 1. The molecule has 0 bridgehead atoms. The quantitative estimate of drug-likeness (QED) is 0.437. The lowest BCUT2D eigenvalue weighted by Crippen LogP contribution is -2.28. The van der Waals surface area contributed by atoms with Crippen molar-refractivity contribution in [3.63, 3.8) is 0 Å². The van der Waals surface area contributed by atoms with Crippen molar-refractivity contribution >= 4 is 5.78 Å². The van der Waals surface area contributed by atoms with Gasteiger partial charge in [-0.25, -0.2) is 0 Å². The molecule has 0 spiro atoms. The molecule has 0 N–H and O–H groups in total. The van der Waals surface area contributed by atoms with E-state index in [-0.39, 0.29) is 5.78 Å². The fraction of sp³-hybridized carbons (Fsp3) is 0.278. The van der Waals surface area contributed by atoms with Gasteiger partial charge in [-0.3, -0.25) is 25.0 Å². The lowest BCUT2D eigenvalue weighted by atomic mass is 9.79. The van der Waals surface area contributed by atoms with Gasteiger partial charge in [-0.1, -0.05) is 36.5 Å². The number of allylic oxidation sites excluding steroid dienone is 6. The second-order valence-corrected chi connectivity index (χ2v) is 6.00. The van der Waals surface area contributed by atoms with E-state index in [4.69, 9.17) is 0 Å². The number of ketones is 1. The van der Waals surface area contributed by atoms with Crippen LogP contribution in [0.1, 0.15) is 19.3 Å². The van der Waals surface area contributed by atoms with Crippen LogP contribution >= 0.6 is 0 Å². The first-order valence-corrected chi connectivity index (χ1v) is 7.98. The van der Waals surface area contributed by atoms with E-state index in [1.807, 2.05) is 0 Å². The molecule has 0 radical (unpaired) electrons. The van der Waals surface area contributed by atoms with Crippen LogP contribution in [-0.2, 0) is 4.79 Å². The van der Waals surface area contributed by atoms with Crippen LogP contribution in [0.3, 0.4) is 0 Å². The van der Waals surface area contributed by atoms with Crippen LogP contribution < -0.4 is 0 Å². The van der Waals surface area contributed by atoms with E-state index in [1.165, 1.54) is 12.2 Å². The number of hydrogen-bond acceptors (Lipinski definition) is 5. The maximum absolute atomic E-state index is 13.0. The Hall–Kier alpha value is -3.09. The third kappa shape index (κ3) is 3.13. The first kappa shape index (κ1) is 16.8. The van der Waals surface area contributed by atoms with Crippen molar-refractivity contribution in [2.75, 3.05) is 0 Å². The summed E-state index contributed by atoms with van der Waals surface area (Å²) in [5.41, 5.74) is 1.54. The molecule has 0 aromatic heterocycles. The van der Waals surface area contributed by atoms with Gasteiger partial charge in [0.1, 0.15) is 0 Å². The second kappa shape index (κ2) is 6.80. The fourth-order valence-electron chi connectivity index (χ4n) is 3.39.